The molecule has 0 saturated carbocycles. The molecule has 5 nitrogen and oxygen atoms in total. The number of halogens is 1. The minimum absolute atomic E-state index is 0.232. The molecular formula is C9H9ClN2O3. The van der Waals surface area contributed by atoms with Crippen molar-refractivity contribution >= 4 is 23.5 Å². The Morgan fingerprint density at radius 1 is 1.53 bits per heavy atom. The Labute approximate surface area is 91.1 Å². The average molecular weight is 229 g/mol. The van der Waals surface area contributed by atoms with Gasteiger partial charge in [-0.1, -0.05) is 11.6 Å². The van der Waals surface area contributed by atoms with Crippen LogP contribution in [0.4, 0.5) is 0 Å². The average Bonchev–Trinajstić information content (AvgIpc) is 2.17. The molecule has 0 fully saturated rings. The topological polar surface area (TPSA) is 79.3 Å². The molecule has 0 saturated heterocycles. The number of amides is 1. The fourth-order valence-electron chi connectivity index (χ4n) is 0.878. The number of aliphatic carboxylic acids is 1. The van der Waals surface area contributed by atoms with Gasteiger partial charge >= 0.3 is 5.97 Å². The van der Waals surface area contributed by atoms with Crippen molar-refractivity contribution in [3.63, 3.8) is 0 Å². The van der Waals surface area contributed by atoms with Gasteiger partial charge in [0.2, 0.25) is 0 Å². The minimum atomic E-state index is -1.10. The maximum Gasteiger partial charge on any atom is 0.325 e. The van der Waals surface area contributed by atoms with Gasteiger partial charge in [-0.25, -0.2) is 0 Å². The number of hydrogen-bond acceptors (Lipinski definition) is 3. The van der Waals surface area contributed by atoms with Crippen molar-refractivity contribution in [2.24, 2.45) is 0 Å². The maximum atomic E-state index is 11.4. The van der Waals surface area contributed by atoms with Crippen LogP contribution in [0.2, 0.25) is 5.02 Å². The minimum Gasteiger partial charge on any atom is -0.480 e. The van der Waals surface area contributed by atoms with E-state index in [2.05, 4.69) is 10.3 Å². The number of pyridine rings is 1. The Hall–Kier alpha value is -1.62. The second kappa shape index (κ2) is 4.75. The lowest BCUT2D eigenvalue weighted by Gasteiger charge is -2.08. The van der Waals surface area contributed by atoms with Gasteiger partial charge in [0.05, 0.1) is 10.6 Å². The van der Waals surface area contributed by atoms with Crippen molar-refractivity contribution in [2.75, 3.05) is 0 Å². The van der Waals surface area contributed by atoms with E-state index in [1.165, 1.54) is 25.4 Å². The van der Waals surface area contributed by atoms with Gasteiger partial charge in [0.15, 0.2) is 0 Å². The van der Waals surface area contributed by atoms with Crippen molar-refractivity contribution in [3.8, 4) is 0 Å². The standard InChI is InChI=1S/C9H9ClN2O3/c1-5(9(14)15)12-8(13)6-2-7(10)4-11-3-6/h2-5H,1H3,(H,12,13)(H,14,15)/t5-/m1/s1. The number of nitrogens with zero attached hydrogens (tertiary/aromatic N) is 1. The first-order chi connectivity index (χ1) is 7.00. The summed E-state index contributed by atoms with van der Waals surface area (Å²) in [7, 11) is 0. The summed E-state index contributed by atoms with van der Waals surface area (Å²) in [5, 5.41) is 11.2. The van der Waals surface area contributed by atoms with Crippen molar-refractivity contribution in [3.05, 3.63) is 29.0 Å². The lowest BCUT2D eigenvalue weighted by atomic mass is 10.2. The Kier molecular flexibility index (Phi) is 3.62. The van der Waals surface area contributed by atoms with Crippen LogP contribution in [0.5, 0.6) is 0 Å². The van der Waals surface area contributed by atoms with E-state index >= 15 is 0 Å². The summed E-state index contributed by atoms with van der Waals surface area (Å²) in [4.78, 5) is 25.6. The number of carboxylic acid groups (broad SMARTS) is 1. The Morgan fingerprint density at radius 3 is 2.73 bits per heavy atom. The van der Waals surface area contributed by atoms with E-state index in [9.17, 15) is 9.59 Å². The van der Waals surface area contributed by atoms with E-state index in [-0.39, 0.29) is 5.56 Å². The molecule has 0 bridgehead atoms. The van der Waals surface area contributed by atoms with Gasteiger partial charge in [-0.15, -0.1) is 0 Å². The maximum absolute atomic E-state index is 11.4. The Morgan fingerprint density at radius 2 is 2.20 bits per heavy atom. The van der Waals surface area contributed by atoms with E-state index in [0.717, 1.165) is 0 Å². The van der Waals surface area contributed by atoms with Crippen LogP contribution in [0.3, 0.4) is 0 Å². The monoisotopic (exact) mass is 228 g/mol. The van der Waals surface area contributed by atoms with E-state index < -0.39 is 17.9 Å². The summed E-state index contributed by atoms with van der Waals surface area (Å²) in [6.07, 6.45) is 2.70. The first-order valence-corrected chi connectivity index (χ1v) is 4.52. The molecule has 1 atom stereocenters. The molecule has 1 rings (SSSR count). The van der Waals surface area contributed by atoms with E-state index in [1.54, 1.807) is 0 Å². The third kappa shape index (κ3) is 3.21. The predicted octanol–water partition coefficient (Wildman–Crippen LogP) is 0.938. The molecular weight excluding hydrogens is 220 g/mol. The summed E-state index contributed by atoms with van der Waals surface area (Å²) >= 11 is 5.63. The van der Waals surface area contributed by atoms with Crippen molar-refractivity contribution in [1.29, 1.82) is 0 Å². The first-order valence-electron chi connectivity index (χ1n) is 4.15. The van der Waals surface area contributed by atoms with Crippen LogP contribution in [0, 0.1) is 0 Å². The van der Waals surface area contributed by atoms with Gasteiger partial charge in [-0.3, -0.25) is 14.6 Å². The molecule has 80 valence electrons. The highest BCUT2D eigenvalue weighted by Crippen LogP contribution is 2.08. The highest BCUT2D eigenvalue weighted by molar-refractivity contribution is 6.30. The molecule has 1 amide bonds. The van der Waals surface area contributed by atoms with Gasteiger partial charge in [-0.2, -0.15) is 0 Å². The molecule has 15 heavy (non-hydrogen) atoms. The molecule has 0 aromatic carbocycles. The number of nitrogens with one attached hydrogen (secondary N) is 1. The van der Waals surface area contributed by atoms with Gasteiger partial charge in [0.25, 0.3) is 5.91 Å². The highest BCUT2D eigenvalue weighted by atomic mass is 35.5. The molecule has 1 aromatic rings. The Balaban J connectivity index is 2.73. The molecule has 1 heterocycles. The first kappa shape index (κ1) is 11.5. The van der Waals surface area contributed by atoms with E-state index in [1.807, 2.05) is 0 Å². The largest absolute Gasteiger partial charge is 0.480 e. The molecule has 2 N–H and O–H groups in total. The molecule has 0 unspecified atom stereocenters. The third-order valence-corrected chi connectivity index (χ3v) is 1.89. The van der Waals surface area contributed by atoms with Crippen LogP contribution in [-0.2, 0) is 4.79 Å². The highest BCUT2D eigenvalue weighted by Gasteiger charge is 2.15. The van der Waals surface area contributed by atoms with Crippen LogP contribution >= 0.6 is 11.6 Å². The molecule has 0 aliphatic rings. The van der Waals surface area contributed by atoms with Crippen LogP contribution in [0.25, 0.3) is 0 Å². The van der Waals surface area contributed by atoms with Gasteiger partial charge in [-0.05, 0) is 13.0 Å². The summed E-state index contributed by atoms with van der Waals surface area (Å²) in [5.41, 5.74) is 0.232. The second-order valence-corrected chi connectivity index (χ2v) is 3.36. The van der Waals surface area contributed by atoms with E-state index in [0.29, 0.717) is 5.02 Å². The molecule has 0 aliphatic carbocycles. The van der Waals surface area contributed by atoms with Gasteiger partial charge < -0.3 is 10.4 Å². The smallest absolute Gasteiger partial charge is 0.325 e. The van der Waals surface area contributed by atoms with E-state index in [4.69, 9.17) is 16.7 Å². The molecule has 1 aromatic heterocycles. The summed E-state index contributed by atoms with van der Waals surface area (Å²) < 4.78 is 0. The van der Waals surface area contributed by atoms with Crippen LogP contribution < -0.4 is 5.32 Å². The fraction of sp³-hybridized carbons (Fsp3) is 0.222. The SMILES string of the molecule is C[C@@H](NC(=O)c1cncc(Cl)c1)C(=O)O. The zero-order chi connectivity index (χ0) is 11.4. The normalized spacial score (nSPS) is 11.9. The summed E-state index contributed by atoms with van der Waals surface area (Å²) in [6, 6.07) is 0.467. The van der Waals surface area contributed by atoms with Crippen LogP contribution in [0.1, 0.15) is 17.3 Å². The molecule has 0 radical (unpaired) electrons. The number of rotatable bonds is 3. The van der Waals surface area contributed by atoms with Crippen LogP contribution in [0.15, 0.2) is 18.5 Å². The molecule has 0 spiro atoms. The number of carboxylic acids is 1. The van der Waals surface area contributed by atoms with Crippen molar-refractivity contribution in [2.45, 2.75) is 13.0 Å². The fourth-order valence-corrected chi connectivity index (χ4v) is 1.05. The zero-order valence-corrected chi connectivity index (χ0v) is 8.65. The van der Waals surface area contributed by atoms with Crippen LogP contribution in [-0.4, -0.2) is 28.0 Å². The number of carbonyl (C=O) groups is 2. The van der Waals surface area contributed by atoms with Crippen molar-refractivity contribution in [1.82, 2.24) is 10.3 Å². The molecule has 6 heteroatoms. The third-order valence-electron chi connectivity index (χ3n) is 1.69. The lowest BCUT2D eigenvalue weighted by Crippen LogP contribution is -2.38. The lowest BCUT2D eigenvalue weighted by molar-refractivity contribution is -0.138. The number of hydrogen-bond donors (Lipinski definition) is 2. The second-order valence-electron chi connectivity index (χ2n) is 2.93. The zero-order valence-electron chi connectivity index (χ0n) is 7.90. The Bertz CT molecular complexity index is 395. The molecule has 0 aliphatic heterocycles. The summed E-state index contributed by atoms with van der Waals surface area (Å²) in [6.45, 7) is 1.37. The number of aromatic nitrogens is 1. The predicted molar refractivity (Wildman–Crippen MR) is 53.8 cm³/mol. The van der Waals surface area contributed by atoms with Gasteiger partial charge in [0.1, 0.15) is 6.04 Å². The quantitative estimate of drug-likeness (QED) is 0.807. The number of carbonyl (C=O) groups excluding carboxylic acids is 1. The van der Waals surface area contributed by atoms with Gasteiger partial charge in [0, 0.05) is 12.4 Å². The van der Waals surface area contributed by atoms with Crippen molar-refractivity contribution < 1.29 is 14.7 Å². The summed E-state index contributed by atoms with van der Waals surface area (Å²) in [5.74, 6) is -1.61.